The van der Waals surface area contributed by atoms with Crippen LogP contribution in [0.5, 0.6) is 0 Å². The minimum absolute atomic E-state index is 0.0333. The maximum atomic E-state index is 13.0. The number of nitrogens with two attached hydrogens (primary N) is 2. The highest BCUT2D eigenvalue weighted by molar-refractivity contribution is 6.34. The first-order valence-electron chi connectivity index (χ1n) is 9.81. The van der Waals surface area contributed by atoms with Crippen LogP contribution in [0, 0.1) is 5.92 Å². The summed E-state index contributed by atoms with van der Waals surface area (Å²) in [5.41, 5.74) is 10.4. The lowest BCUT2D eigenvalue weighted by atomic mass is 10.2. The number of rotatable bonds is 10. The number of primary amides is 1. The van der Waals surface area contributed by atoms with Gasteiger partial charge in [0.15, 0.2) is 5.69 Å². The summed E-state index contributed by atoms with van der Waals surface area (Å²) in [6.07, 6.45) is 0. The number of H-pyrrole nitrogens is 1. The molecule has 32 heavy (non-hydrogen) atoms. The van der Waals surface area contributed by atoms with E-state index in [1.165, 1.54) is 28.7 Å². The third kappa shape index (κ3) is 5.89. The van der Waals surface area contributed by atoms with Crippen molar-refractivity contribution in [1.29, 1.82) is 0 Å². The van der Waals surface area contributed by atoms with Crippen LogP contribution in [0.2, 0.25) is 5.02 Å². The van der Waals surface area contributed by atoms with E-state index in [1.807, 2.05) is 13.8 Å². The van der Waals surface area contributed by atoms with Crippen molar-refractivity contribution in [3.05, 3.63) is 49.6 Å². The highest BCUT2D eigenvalue weighted by Crippen LogP contribution is 2.21. The number of hydrogen-bond donors (Lipinski definition) is 4. The van der Waals surface area contributed by atoms with E-state index in [-0.39, 0.29) is 54.3 Å². The number of nitrogens with one attached hydrogen (secondary N) is 2. The lowest BCUT2D eigenvalue weighted by Crippen LogP contribution is -2.44. The molecule has 0 bridgehead atoms. The fraction of sp³-hybridized carbons (Fsp3) is 0.400. The number of halogens is 1. The number of carbonyl (C=O) groups is 2. The zero-order chi connectivity index (χ0) is 24.0. The minimum Gasteiger partial charge on any atom is -0.383 e. The van der Waals surface area contributed by atoms with Crippen LogP contribution in [0.3, 0.4) is 0 Å². The first kappa shape index (κ1) is 25.0. The van der Waals surface area contributed by atoms with Crippen LogP contribution in [0.4, 0.5) is 17.2 Å². The number of benzene rings is 1. The van der Waals surface area contributed by atoms with Gasteiger partial charge in [0.1, 0.15) is 5.82 Å². The van der Waals surface area contributed by atoms with E-state index in [2.05, 4.69) is 10.3 Å². The zero-order valence-electron chi connectivity index (χ0n) is 18.1. The molecule has 6 N–H and O–H groups in total. The maximum Gasteiger partial charge on any atom is 0.330 e. The fourth-order valence-electron chi connectivity index (χ4n) is 3.03. The lowest BCUT2D eigenvalue weighted by molar-refractivity contribution is -0.117. The number of amides is 2. The molecule has 1 heterocycles. The van der Waals surface area contributed by atoms with Gasteiger partial charge in [-0.1, -0.05) is 25.4 Å². The molecule has 0 aliphatic rings. The topological polar surface area (TPSA) is 166 Å². The van der Waals surface area contributed by atoms with Crippen LogP contribution in [0.1, 0.15) is 24.2 Å². The van der Waals surface area contributed by atoms with Gasteiger partial charge >= 0.3 is 5.69 Å². The number of carbonyl (C=O) groups excluding carboxylic acids is 2. The third-order valence-electron chi connectivity index (χ3n) is 4.53. The summed E-state index contributed by atoms with van der Waals surface area (Å²) in [4.78, 5) is 52.5. The number of nitrogens with zero attached hydrogens (tertiary/aromatic N) is 2. The van der Waals surface area contributed by atoms with Crippen LogP contribution >= 0.6 is 11.6 Å². The molecule has 0 spiro atoms. The normalized spacial score (nSPS) is 10.9. The van der Waals surface area contributed by atoms with E-state index >= 15 is 0 Å². The van der Waals surface area contributed by atoms with E-state index in [9.17, 15) is 19.2 Å². The van der Waals surface area contributed by atoms with E-state index in [0.717, 1.165) is 0 Å². The second-order valence-corrected chi connectivity index (χ2v) is 7.86. The summed E-state index contributed by atoms with van der Waals surface area (Å²) in [6.45, 7) is 3.99. The summed E-state index contributed by atoms with van der Waals surface area (Å²) in [5, 5.41) is 3.02. The molecule has 2 rings (SSSR count). The predicted molar refractivity (Wildman–Crippen MR) is 123 cm³/mol. The van der Waals surface area contributed by atoms with Gasteiger partial charge in [-0.3, -0.25) is 23.9 Å². The van der Waals surface area contributed by atoms with Crippen molar-refractivity contribution in [3.8, 4) is 0 Å². The van der Waals surface area contributed by atoms with Crippen LogP contribution in [0.15, 0.2) is 27.8 Å². The molecule has 0 radical (unpaired) electrons. The summed E-state index contributed by atoms with van der Waals surface area (Å²) in [7, 11) is 1.45. The molecular formula is C20H27ClN6O5. The molecule has 0 aliphatic heterocycles. The van der Waals surface area contributed by atoms with Gasteiger partial charge in [-0.05, 0) is 24.1 Å². The Hall–Kier alpha value is -3.31. The molecule has 1 aromatic heterocycles. The Morgan fingerprint density at radius 3 is 2.56 bits per heavy atom. The maximum absolute atomic E-state index is 13.0. The molecule has 2 aromatic rings. The van der Waals surface area contributed by atoms with E-state index in [0.29, 0.717) is 5.69 Å². The molecule has 0 saturated heterocycles. The summed E-state index contributed by atoms with van der Waals surface area (Å²) < 4.78 is 6.29. The number of anilines is 3. The van der Waals surface area contributed by atoms with Gasteiger partial charge < -0.3 is 26.4 Å². The average Bonchev–Trinajstić information content (AvgIpc) is 2.71. The van der Waals surface area contributed by atoms with Gasteiger partial charge in [0, 0.05) is 25.9 Å². The first-order valence-corrected chi connectivity index (χ1v) is 10.2. The van der Waals surface area contributed by atoms with Crippen molar-refractivity contribution in [2.24, 2.45) is 11.7 Å². The molecule has 11 nitrogen and oxygen atoms in total. The van der Waals surface area contributed by atoms with Gasteiger partial charge in [-0.25, -0.2) is 4.79 Å². The molecule has 0 unspecified atom stereocenters. The highest BCUT2D eigenvalue weighted by atomic mass is 35.5. The monoisotopic (exact) mass is 466 g/mol. The van der Waals surface area contributed by atoms with Gasteiger partial charge in [-0.15, -0.1) is 0 Å². The number of ether oxygens (including phenoxy) is 1. The Morgan fingerprint density at radius 2 is 2.00 bits per heavy atom. The lowest BCUT2D eigenvalue weighted by Gasteiger charge is -2.25. The molecule has 0 aliphatic carbocycles. The second kappa shape index (κ2) is 10.8. The number of aromatic amines is 1. The van der Waals surface area contributed by atoms with E-state index < -0.39 is 23.1 Å². The smallest absolute Gasteiger partial charge is 0.330 e. The standard InChI is InChI=1S/C20H27ClN6O5/c1-11(2)10-27-17(22)16(19(30)25-20(27)31)26(6-7-32-3)15(28)9-24-12-4-5-13(18(23)29)14(21)8-12/h4-5,8,11,24H,6-7,9-10,22H2,1-3H3,(H2,23,29)(H,25,30,31). The van der Waals surface area contributed by atoms with E-state index in [4.69, 9.17) is 27.8 Å². The van der Waals surface area contributed by atoms with Crippen molar-refractivity contribution < 1.29 is 14.3 Å². The predicted octanol–water partition coefficient (Wildman–Crippen LogP) is 0.619. The number of aromatic nitrogens is 2. The Bertz CT molecular complexity index is 1110. The average molecular weight is 467 g/mol. The molecule has 1 aromatic carbocycles. The van der Waals surface area contributed by atoms with Crippen LogP contribution in [-0.4, -0.2) is 48.2 Å². The SMILES string of the molecule is COCCN(C(=O)CNc1ccc(C(N)=O)c(Cl)c1)c1c(N)n(CC(C)C)c(=O)[nH]c1=O. The molecule has 0 saturated carbocycles. The third-order valence-corrected chi connectivity index (χ3v) is 4.84. The van der Waals surface area contributed by atoms with Crippen LogP contribution in [0.25, 0.3) is 0 Å². The zero-order valence-corrected chi connectivity index (χ0v) is 18.9. The van der Waals surface area contributed by atoms with Crippen LogP contribution < -0.4 is 32.9 Å². The summed E-state index contributed by atoms with van der Waals surface area (Å²) in [6, 6.07) is 4.44. The first-order chi connectivity index (χ1) is 15.1. The molecule has 12 heteroatoms. The number of methoxy groups -OCH3 is 1. The van der Waals surface area contributed by atoms with Gasteiger partial charge in [0.2, 0.25) is 11.8 Å². The Morgan fingerprint density at radius 1 is 1.31 bits per heavy atom. The van der Waals surface area contributed by atoms with Crippen molar-refractivity contribution >= 4 is 40.6 Å². The number of hydrogen-bond acceptors (Lipinski definition) is 7. The van der Waals surface area contributed by atoms with E-state index in [1.54, 1.807) is 6.07 Å². The van der Waals surface area contributed by atoms with Crippen molar-refractivity contribution in [2.75, 3.05) is 42.8 Å². The second-order valence-electron chi connectivity index (χ2n) is 7.45. The fourth-order valence-corrected chi connectivity index (χ4v) is 3.30. The molecular weight excluding hydrogens is 440 g/mol. The number of nitrogen functional groups attached to an aromatic ring is 1. The summed E-state index contributed by atoms with van der Waals surface area (Å²) >= 11 is 6.03. The Balaban J connectivity index is 2.35. The minimum atomic E-state index is -0.772. The quantitative estimate of drug-likeness (QED) is 0.398. The van der Waals surface area contributed by atoms with Crippen LogP contribution in [-0.2, 0) is 16.1 Å². The Labute approximate surface area is 189 Å². The summed E-state index contributed by atoms with van der Waals surface area (Å²) in [5.74, 6) is -1.20. The van der Waals surface area contributed by atoms with Crippen molar-refractivity contribution in [2.45, 2.75) is 20.4 Å². The van der Waals surface area contributed by atoms with Crippen molar-refractivity contribution in [3.63, 3.8) is 0 Å². The van der Waals surface area contributed by atoms with Crippen molar-refractivity contribution in [1.82, 2.24) is 9.55 Å². The molecule has 174 valence electrons. The molecule has 0 atom stereocenters. The Kier molecular flexibility index (Phi) is 8.44. The molecule has 2 amide bonds. The van der Waals surface area contributed by atoms with Gasteiger partial charge in [0.25, 0.3) is 5.56 Å². The van der Waals surface area contributed by atoms with Gasteiger partial charge in [0.05, 0.1) is 23.7 Å². The molecule has 0 fully saturated rings. The highest BCUT2D eigenvalue weighted by Gasteiger charge is 2.24. The van der Waals surface area contributed by atoms with Gasteiger partial charge in [-0.2, -0.15) is 0 Å². The largest absolute Gasteiger partial charge is 0.383 e.